The van der Waals surface area contributed by atoms with Gasteiger partial charge < -0.3 is 15.8 Å². The fourth-order valence-electron chi connectivity index (χ4n) is 1.15. The van der Waals surface area contributed by atoms with Crippen LogP contribution in [0.1, 0.15) is 19.2 Å². The van der Waals surface area contributed by atoms with Crippen molar-refractivity contribution >= 4 is 11.6 Å². The Morgan fingerprint density at radius 1 is 1.39 bits per heavy atom. The molecule has 1 aromatic heterocycles. The van der Waals surface area contributed by atoms with E-state index in [4.69, 9.17) is 10.9 Å². The lowest BCUT2D eigenvalue weighted by molar-refractivity contribution is -0.144. The molecule has 9 heteroatoms. The maximum absolute atomic E-state index is 12.5. The van der Waals surface area contributed by atoms with E-state index >= 15 is 0 Å². The molecule has 0 aliphatic carbocycles. The molecule has 1 rings (SSSR count). The largest absolute Gasteiger partial charge is 0.451 e. The Kier molecular flexibility index (Phi) is 4.68. The van der Waals surface area contributed by atoms with Gasteiger partial charge in [0.2, 0.25) is 5.82 Å². The number of hydrogen-bond acceptors (Lipinski definition) is 6. The summed E-state index contributed by atoms with van der Waals surface area (Å²) in [5.41, 5.74) is 2.04. The molecule has 102 valence electrons. The van der Waals surface area contributed by atoms with Crippen LogP contribution in [0.2, 0.25) is 0 Å². The fourth-order valence-corrected chi connectivity index (χ4v) is 1.15. The first-order valence-corrected chi connectivity index (χ1v) is 5.17. The van der Waals surface area contributed by atoms with Crippen LogP contribution in [0.15, 0.2) is 6.07 Å². The minimum Gasteiger partial charge on any atom is -0.393 e. The van der Waals surface area contributed by atoms with Gasteiger partial charge in [-0.15, -0.1) is 0 Å². The highest BCUT2D eigenvalue weighted by Crippen LogP contribution is 2.28. The van der Waals surface area contributed by atoms with E-state index in [0.29, 0.717) is 6.42 Å². The van der Waals surface area contributed by atoms with Crippen molar-refractivity contribution < 1.29 is 18.3 Å². The number of aliphatic hydroxyl groups is 1. The number of hydrogen-bond donors (Lipinski definition) is 4. The average molecular weight is 265 g/mol. The zero-order valence-corrected chi connectivity index (χ0v) is 9.62. The number of halogens is 3. The van der Waals surface area contributed by atoms with Gasteiger partial charge in [-0.05, 0) is 13.3 Å². The topological polar surface area (TPSA) is 96.1 Å². The number of alkyl halides is 3. The summed E-state index contributed by atoms with van der Waals surface area (Å²) in [5, 5.41) is 11.7. The number of hydrazine groups is 1. The Hall–Kier alpha value is -1.61. The molecule has 0 aliphatic rings. The summed E-state index contributed by atoms with van der Waals surface area (Å²) in [6.45, 7) is 1.87. The summed E-state index contributed by atoms with van der Waals surface area (Å²) in [6, 6.07) is 1.25. The van der Waals surface area contributed by atoms with Crippen molar-refractivity contribution in [2.24, 2.45) is 5.84 Å². The Morgan fingerprint density at radius 3 is 2.50 bits per heavy atom. The molecule has 0 saturated carbocycles. The summed E-state index contributed by atoms with van der Waals surface area (Å²) < 4.78 is 37.4. The van der Waals surface area contributed by atoms with E-state index in [9.17, 15) is 13.2 Å². The Balaban J connectivity index is 2.84. The van der Waals surface area contributed by atoms with Crippen LogP contribution in [0, 0.1) is 0 Å². The standard InChI is InChI=1S/C9H14F3N5O/c1-5(18)2-3-14-6-4-7(17-13)16-8(15-6)9(10,11)12/h4-5,18H,2-3,13H2,1H3,(H2,14,15,16,17). The van der Waals surface area contributed by atoms with Gasteiger partial charge in [0.15, 0.2) is 0 Å². The second-order valence-corrected chi connectivity index (χ2v) is 3.67. The van der Waals surface area contributed by atoms with Crippen molar-refractivity contribution in [1.29, 1.82) is 0 Å². The van der Waals surface area contributed by atoms with Gasteiger partial charge in [0.05, 0.1) is 6.10 Å². The first kappa shape index (κ1) is 14.5. The third-order valence-electron chi connectivity index (χ3n) is 2.00. The molecule has 18 heavy (non-hydrogen) atoms. The fraction of sp³-hybridized carbons (Fsp3) is 0.556. The summed E-state index contributed by atoms with van der Waals surface area (Å²) in [5.74, 6) is 3.60. The molecule has 0 aromatic carbocycles. The molecule has 5 N–H and O–H groups in total. The van der Waals surface area contributed by atoms with Crippen molar-refractivity contribution in [2.75, 3.05) is 17.3 Å². The van der Waals surface area contributed by atoms with E-state index < -0.39 is 18.1 Å². The molecule has 1 aromatic rings. The molecule has 0 radical (unpaired) electrons. The van der Waals surface area contributed by atoms with Gasteiger partial charge >= 0.3 is 6.18 Å². The quantitative estimate of drug-likeness (QED) is 0.468. The second-order valence-electron chi connectivity index (χ2n) is 3.67. The summed E-state index contributed by atoms with van der Waals surface area (Å²) in [7, 11) is 0. The number of nitrogens with two attached hydrogens (primary N) is 1. The van der Waals surface area contributed by atoms with Crippen molar-refractivity contribution in [2.45, 2.75) is 25.6 Å². The lowest BCUT2D eigenvalue weighted by atomic mass is 10.3. The number of nitrogen functional groups attached to an aromatic ring is 1. The van der Waals surface area contributed by atoms with Gasteiger partial charge in [0, 0.05) is 12.6 Å². The molecule has 0 fully saturated rings. The zero-order chi connectivity index (χ0) is 13.8. The molecular weight excluding hydrogens is 251 g/mol. The monoisotopic (exact) mass is 265 g/mol. The number of aromatic nitrogens is 2. The predicted molar refractivity (Wildman–Crippen MR) is 59.6 cm³/mol. The first-order chi connectivity index (χ1) is 8.32. The van der Waals surface area contributed by atoms with E-state index in [1.54, 1.807) is 6.92 Å². The van der Waals surface area contributed by atoms with Gasteiger partial charge in [-0.2, -0.15) is 13.2 Å². The van der Waals surface area contributed by atoms with Crippen LogP contribution >= 0.6 is 0 Å². The zero-order valence-electron chi connectivity index (χ0n) is 9.62. The van der Waals surface area contributed by atoms with Crippen LogP contribution in [-0.2, 0) is 6.18 Å². The Labute approximate surface area is 101 Å². The average Bonchev–Trinajstić information content (AvgIpc) is 2.27. The summed E-state index contributed by atoms with van der Waals surface area (Å²) in [4.78, 5) is 6.53. The number of nitrogens with one attached hydrogen (secondary N) is 2. The van der Waals surface area contributed by atoms with Crippen LogP contribution < -0.4 is 16.6 Å². The van der Waals surface area contributed by atoms with Gasteiger partial charge in [0.1, 0.15) is 11.6 Å². The predicted octanol–water partition coefficient (Wildman–Crippen LogP) is 0.964. The van der Waals surface area contributed by atoms with E-state index in [1.165, 1.54) is 6.07 Å². The smallest absolute Gasteiger partial charge is 0.393 e. The minimum atomic E-state index is -4.65. The van der Waals surface area contributed by atoms with Crippen molar-refractivity contribution in [3.63, 3.8) is 0 Å². The minimum absolute atomic E-state index is 0.00840. The van der Waals surface area contributed by atoms with Crippen LogP contribution in [-0.4, -0.2) is 27.7 Å². The maximum Gasteiger partial charge on any atom is 0.451 e. The molecule has 0 spiro atoms. The molecule has 1 unspecified atom stereocenters. The normalized spacial score (nSPS) is 13.2. The van der Waals surface area contributed by atoms with Crippen molar-refractivity contribution in [3.8, 4) is 0 Å². The van der Waals surface area contributed by atoms with E-state index in [-0.39, 0.29) is 18.2 Å². The highest BCUT2D eigenvalue weighted by molar-refractivity contribution is 5.47. The lowest BCUT2D eigenvalue weighted by Crippen LogP contribution is -2.18. The van der Waals surface area contributed by atoms with E-state index in [2.05, 4.69) is 15.3 Å². The van der Waals surface area contributed by atoms with Gasteiger partial charge in [-0.3, -0.25) is 0 Å². The summed E-state index contributed by atoms with van der Waals surface area (Å²) in [6.07, 6.45) is -4.81. The third kappa shape index (κ3) is 4.34. The van der Waals surface area contributed by atoms with Crippen LogP contribution in [0.4, 0.5) is 24.8 Å². The highest BCUT2D eigenvalue weighted by atomic mass is 19.4. The van der Waals surface area contributed by atoms with Crippen molar-refractivity contribution in [1.82, 2.24) is 9.97 Å². The van der Waals surface area contributed by atoms with Crippen LogP contribution in [0.5, 0.6) is 0 Å². The number of nitrogens with zero attached hydrogens (tertiary/aromatic N) is 2. The SMILES string of the molecule is CC(O)CCNc1cc(NN)nc(C(F)(F)F)n1. The molecule has 0 saturated heterocycles. The third-order valence-corrected chi connectivity index (χ3v) is 2.00. The molecular formula is C9H14F3N5O. The molecule has 6 nitrogen and oxygen atoms in total. The van der Waals surface area contributed by atoms with E-state index in [1.807, 2.05) is 5.43 Å². The van der Waals surface area contributed by atoms with E-state index in [0.717, 1.165) is 0 Å². The van der Waals surface area contributed by atoms with Gasteiger partial charge in [-0.1, -0.05) is 0 Å². The van der Waals surface area contributed by atoms with Gasteiger partial charge in [-0.25, -0.2) is 15.8 Å². The Morgan fingerprint density at radius 2 is 2.00 bits per heavy atom. The van der Waals surface area contributed by atoms with Crippen LogP contribution in [0.25, 0.3) is 0 Å². The van der Waals surface area contributed by atoms with Crippen LogP contribution in [0.3, 0.4) is 0 Å². The number of anilines is 2. The molecule has 0 aliphatic heterocycles. The highest BCUT2D eigenvalue weighted by Gasteiger charge is 2.35. The first-order valence-electron chi connectivity index (χ1n) is 5.17. The molecule has 0 bridgehead atoms. The van der Waals surface area contributed by atoms with Gasteiger partial charge in [0.25, 0.3) is 0 Å². The second kappa shape index (κ2) is 5.83. The molecule has 0 amide bonds. The maximum atomic E-state index is 12.5. The molecule has 1 heterocycles. The molecule has 1 atom stereocenters. The number of aliphatic hydroxyl groups excluding tert-OH is 1. The summed E-state index contributed by atoms with van der Waals surface area (Å²) >= 11 is 0. The Bertz CT molecular complexity index is 396. The number of rotatable bonds is 5. The lowest BCUT2D eigenvalue weighted by Gasteiger charge is -2.11. The van der Waals surface area contributed by atoms with Crippen molar-refractivity contribution in [3.05, 3.63) is 11.9 Å².